The highest BCUT2D eigenvalue weighted by atomic mass is 79.9. The average molecular weight is 440 g/mol. The van der Waals surface area contributed by atoms with E-state index < -0.39 is 0 Å². The van der Waals surface area contributed by atoms with E-state index >= 15 is 0 Å². The highest BCUT2D eigenvalue weighted by Gasteiger charge is 2.27. The van der Waals surface area contributed by atoms with Gasteiger partial charge in [-0.2, -0.15) is 0 Å². The van der Waals surface area contributed by atoms with Crippen molar-refractivity contribution in [1.29, 1.82) is 0 Å². The van der Waals surface area contributed by atoms with Crippen LogP contribution in [0.4, 0.5) is 0 Å². The Kier molecular flexibility index (Phi) is 5.22. The van der Waals surface area contributed by atoms with Crippen LogP contribution in [0.25, 0.3) is 10.9 Å². The van der Waals surface area contributed by atoms with Gasteiger partial charge in [0.25, 0.3) is 11.8 Å². The van der Waals surface area contributed by atoms with E-state index in [0.29, 0.717) is 37.4 Å². The lowest BCUT2D eigenvalue weighted by Gasteiger charge is -2.34. The molecule has 2 amide bonds. The molecule has 2 aromatic carbocycles. The van der Waals surface area contributed by atoms with Crippen LogP contribution in [0.3, 0.4) is 0 Å². The number of para-hydroxylation sites is 1. The molecule has 144 valence electrons. The van der Waals surface area contributed by atoms with Crippen molar-refractivity contribution < 1.29 is 9.59 Å². The highest BCUT2D eigenvalue weighted by molar-refractivity contribution is 9.10. The van der Waals surface area contributed by atoms with Crippen molar-refractivity contribution in [2.45, 2.75) is 13.3 Å². The van der Waals surface area contributed by atoms with Gasteiger partial charge in [-0.05, 0) is 46.1 Å². The Hall–Kier alpha value is -2.60. The zero-order chi connectivity index (χ0) is 19.7. The van der Waals surface area contributed by atoms with Crippen LogP contribution in [0.5, 0.6) is 0 Å². The second kappa shape index (κ2) is 7.80. The molecule has 6 heteroatoms. The van der Waals surface area contributed by atoms with Crippen LogP contribution in [0, 0.1) is 0 Å². The van der Waals surface area contributed by atoms with Crippen LogP contribution in [0.2, 0.25) is 0 Å². The summed E-state index contributed by atoms with van der Waals surface area (Å²) >= 11 is 3.55. The SMILES string of the molecule is CCc1ccc(C(=O)N2CCN(C(=O)c3[nH]c4ccccc4c3Br)CC2)cc1. The number of hydrogen-bond donors (Lipinski definition) is 1. The third-order valence-electron chi connectivity index (χ3n) is 5.32. The van der Waals surface area contributed by atoms with Gasteiger partial charge in [-0.15, -0.1) is 0 Å². The second-order valence-corrected chi connectivity index (χ2v) is 7.79. The molecule has 1 aliphatic heterocycles. The number of fused-ring (bicyclic) bond motifs is 1. The number of nitrogens with zero attached hydrogens (tertiary/aromatic N) is 2. The van der Waals surface area contributed by atoms with Gasteiger partial charge in [0.1, 0.15) is 5.69 Å². The van der Waals surface area contributed by atoms with Gasteiger partial charge >= 0.3 is 0 Å². The van der Waals surface area contributed by atoms with Gasteiger partial charge in [0.2, 0.25) is 0 Å². The summed E-state index contributed by atoms with van der Waals surface area (Å²) in [5, 5.41) is 0.996. The maximum absolute atomic E-state index is 13.0. The van der Waals surface area contributed by atoms with Crippen molar-refractivity contribution in [3.63, 3.8) is 0 Å². The number of amides is 2. The number of rotatable bonds is 3. The lowest BCUT2D eigenvalue weighted by molar-refractivity contribution is 0.0532. The number of halogens is 1. The molecule has 0 atom stereocenters. The van der Waals surface area contributed by atoms with E-state index in [0.717, 1.165) is 21.8 Å². The Labute approximate surface area is 172 Å². The monoisotopic (exact) mass is 439 g/mol. The molecule has 2 heterocycles. The summed E-state index contributed by atoms with van der Waals surface area (Å²) in [7, 11) is 0. The molecule has 5 nitrogen and oxygen atoms in total. The van der Waals surface area contributed by atoms with Crippen molar-refractivity contribution in [3.05, 3.63) is 69.8 Å². The van der Waals surface area contributed by atoms with Gasteiger partial charge in [-0.3, -0.25) is 9.59 Å². The summed E-state index contributed by atoms with van der Waals surface area (Å²) in [6.07, 6.45) is 0.957. The molecule has 0 bridgehead atoms. The summed E-state index contributed by atoms with van der Waals surface area (Å²) in [6, 6.07) is 15.6. The number of aromatic nitrogens is 1. The fraction of sp³-hybridized carbons (Fsp3) is 0.273. The first-order chi connectivity index (χ1) is 13.6. The summed E-state index contributed by atoms with van der Waals surface area (Å²) in [6.45, 7) is 4.23. The molecule has 1 aromatic heterocycles. The Morgan fingerprint density at radius 3 is 2.14 bits per heavy atom. The number of piperazine rings is 1. The topological polar surface area (TPSA) is 56.4 Å². The molecule has 1 N–H and O–H groups in total. The number of carbonyl (C=O) groups excluding carboxylic acids is 2. The van der Waals surface area contributed by atoms with Gasteiger partial charge in [-0.25, -0.2) is 0 Å². The van der Waals surface area contributed by atoms with E-state index in [9.17, 15) is 9.59 Å². The normalized spacial score (nSPS) is 14.5. The zero-order valence-corrected chi connectivity index (χ0v) is 17.3. The zero-order valence-electron chi connectivity index (χ0n) is 15.7. The van der Waals surface area contributed by atoms with Crippen molar-refractivity contribution in [2.24, 2.45) is 0 Å². The third-order valence-corrected chi connectivity index (χ3v) is 6.14. The van der Waals surface area contributed by atoms with Crippen molar-refractivity contribution in [1.82, 2.24) is 14.8 Å². The summed E-state index contributed by atoms with van der Waals surface area (Å²) in [4.78, 5) is 32.5. The summed E-state index contributed by atoms with van der Waals surface area (Å²) < 4.78 is 0.794. The first kappa shape index (κ1) is 18.7. The predicted octanol–water partition coefficient (Wildman–Crippen LogP) is 4.09. The number of hydrogen-bond acceptors (Lipinski definition) is 2. The number of H-pyrrole nitrogens is 1. The molecule has 1 saturated heterocycles. The van der Waals surface area contributed by atoms with Crippen LogP contribution >= 0.6 is 15.9 Å². The molecule has 0 unspecified atom stereocenters. The van der Waals surface area contributed by atoms with Crippen molar-refractivity contribution in [2.75, 3.05) is 26.2 Å². The van der Waals surface area contributed by atoms with E-state index in [2.05, 4.69) is 27.8 Å². The Morgan fingerprint density at radius 1 is 0.929 bits per heavy atom. The molecular weight excluding hydrogens is 418 g/mol. The van der Waals surface area contributed by atoms with E-state index in [1.807, 2.05) is 53.4 Å². The second-order valence-electron chi connectivity index (χ2n) is 6.99. The van der Waals surface area contributed by atoms with E-state index in [1.54, 1.807) is 4.90 Å². The van der Waals surface area contributed by atoms with Gasteiger partial charge in [0.05, 0.1) is 4.47 Å². The Morgan fingerprint density at radius 2 is 1.54 bits per heavy atom. The van der Waals surface area contributed by atoms with Gasteiger partial charge in [-0.1, -0.05) is 37.3 Å². The number of aromatic amines is 1. The Bertz CT molecular complexity index is 1020. The van der Waals surface area contributed by atoms with Crippen LogP contribution in [-0.4, -0.2) is 52.8 Å². The summed E-state index contributed by atoms with van der Waals surface area (Å²) in [5.74, 6) is -0.0102. The van der Waals surface area contributed by atoms with E-state index in [-0.39, 0.29) is 11.8 Å². The molecule has 0 saturated carbocycles. The average Bonchev–Trinajstić information content (AvgIpc) is 3.09. The van der Waals surface area contributed by atoms with Crippen LogP contribution in [-0.2, 0) is 6.42 Å². The minimum atomic E-state index is -0.0394. The number of nitrogens with one attached hydrogen (secondary N) is 1. The maximum atomic E-state index is 13.0. The molecule has 0 radical (unpaired) electrons. The smallest absolute Gasteiger partial charge is 0.271 e. The van der Waals surface area contributed by atoms with Crippen LogP contribution in [0.1, 0.15) is 33.3 Å². The molecule has 28 heavy (non-hydrogen) atoms. The summed E-state index contributed by atoms with van der Waals surface area (Å²) in [5.41, 5.74) is 3.42. The van der Waals surface area contributed by atoms with E-state index in [4.69, 9.17) is 0 Å². The molecule has 1 aliphatic rings. The third kappa shape index (κ3) is 3.44. The Balaban J connectivity index is 1.43. The van der Waals surface area contributed by atoms with Crippen molar-refractivity contribution in [3.8, 4) is 0 Å². The van der Waals surface area contributed by atoms with Gasteiger partial charge < -0.3 is 14.8 Å². The number of aryl methyl sites for hydroxylation is 1. The minimum Gasteiger partial charge on any atom is -0.350 e. The largest absolute Gasteiger partial charge is 0.350 e. The fourth-order valence-electron chi connectivity index (χ4n) is 3.59. The lowest BCUT2D eigenvalue weighted by atomic mass is 10.1. The number of benzene rings is 2. The number of carbonyl (C=O) groups is 2. The molecule has 1 fully saturated rings. The highest BCUT2D eigenvalue weighted by Crippen LogP contribution is 2.28. The maximum Gasteiger partial charge on any atom is 0.271 e. The van der Waals surface area contributed by atoms with Crippen LogP contribution < -0.4 is 0 Å². The van der Waals surface area contributed by atoms with E-state index in [1.165, 1.54) is 5.56 Å². The quantitative estimate of drug-likeness (QED) is 0.667. The fourth-order valence-corrected chi connectivity index (χ4v) is 4.21. The van der Waals surface area contributed by atoms with Crippen molar-refractivity contribution >= 4 is 38.6 Å². The molecule has 3 aromatic rings. The molecule has 0 aliphatic carbocycles. The minimum absolute atomic E-state index is 0.0292. The van der Waals surface area contributed by atoms with Gasteiger partial charge in [0, 0.05) is 42.6 Å². The lowest BCUT2D eigenvalue weighted by Crippen LogP contribution is -2.50. The first-order valence-electron chi connectivity index (χ1n) is 9.52. The standard InChI is InChI=1S/C22H22BrN3O2/c1-2-15-7-9-16(10-8-15)21(27)25-11-13-26(14-12-25)22(28)20-19(23)17-5-3-4-6-18(17)24-20/h3-10,24H,2,11-14H2,1H3. The van der Waals surface area contributed by atoms with Crippen LogP contribution in [0.15, 0.2) is 53.0 Å². The molecule has 4 rings (SSSR count). The molecule has 0 spiro atoms. The molecular formula is C22H22BrN3O2. The predicted molar refractivity (Wildman–Crippen MR) is 114 cm³/mol. The first-order valence-corrected chi connectivity index (χ1v) is 10.3. The van der Waals surface area contributed by atoms with Gasteiger partial charge in [0.15, 0.2) is 0 Å².